The zero-order valence-corrected chi connectivity index (χ0v) is 17.1. The third kappa shape index (κ3) is 4.73. The van der Waals surface area contributed by atoms with Crippen LogP contribution in [0.4, 0.5) is 5.00 Å². The van der Waals surface area contributed by atoms with Gasteiger partial charge in [0.25, 0.3) is 5.91 Å². The lowest BCUT2D eigenvalue weighted by atomic mass is 9.87. The molecule has 0 saturated heterocycles. The molecule has 0 aliphatic rings. The van der Waals surface area contributed by atoms with Crippen molar-refractivity contribution in [3.05, 3.63) is 51.9 Å². The van der Waals surface area contributed by atoms with Crippen molar-refractivity contribution in [2.45, 2.75) is 52.9 Å². The highest BCUT2D eigenvalue weighted by Crippen LogP contribution is 2.34. The van der Waals surface area contributed by atoms with Crippen LogP contribution in [0.25, 0.3) is 0 Å². The average molecular weight is 374 g/mol. The molecule has 1 heterocycles. The fourth-order valence-electron chi connectivity index (χ4n) is 2.44. The highest BCUT2D eigenvalue weighted by atomic mass is 32.1. The number of thiophene rings is 1. The van der Waals surface area contributed by atoms with Gasteiger partial charge in [-0.2, -0.15) is 0 Å². The molecule has 0 unspecified atom stereocenters. The lowest BCUT2D eigenvalue weighted by Crippen LogP contribution is -2.15. The Kier molecular flexibility index (Phi) is 6.24. The minimum Gasteiger partial charge on any atom is -0.462 e. The molecule has 0 saturated carbocycles. The molecular weight excluding hydrogens is 346 g/mol. The van der Waals surface area contributed by atoms with E-state index in [1.165, 1.54) is 16.9 Å². The van der Waals surface area contributed by atoms with Crippen molar-refractivity contribution in [2.24, 2.45) is 0 Å². The number of hydrogen-bond donors (Lipinski definition) is 1. The molecule has 26 heavy (non-hydrogen) atoms. The number of amides is 1. The Labute approximate surface area is 159 Å². The van der Waals surface area contributed by atoms with E-state index in [1.54, 1.807) is 6.92 Å². The fourth-order valence-corrected chi connectivity index (χ4v) is 3.49. The van der Waals surface area contributed by atoms with Gasteiger partial charge in [0.1, 0.15) is 5.00 Å². The van der Waals surface area contributed by atoms with E-state index in [4.69, 9.17) is 4.74 Å². The molecular formula is C21H27NO3S. The standard InChI is InChI=1S/C21H27NO3S/c1-7-25-20(24)16-12-17(13(2)3)26-19(16)22-18(23)14-8-10-15(11-9-14)21(4,5)6/h8-13H,7H2,1-6H3,(H,22,23). The summed E-state index contributed by atoms with van der Waals surface area (Å²) in [5.74, 6) is -0.368. The van der Waals surface area contributed by atoms with Gasteiger partial charge in [-0.25, -0.2) is 4.79 Å². The Morgan fingerprint density at radius 2 is 1.77 bits per heavy atom. The van der Waals surface area contributed by atoms with Gasteiger partial charge in [-0.3, -0.25) is 4.79 Å². The molecule has 5 heteroatoms. The lowest BCUT2D eigenvalue weighted by molar-refractivity contribution is 0.0528. The van der Waals surface area contributed by atoms with Crippen LogP contribution in [0.3, 0.4) is 0 Å². The average Bonchev–Trinajstić information content (AvgIpc) is 2.98. The normalized spacial score (nSPS) is 11.5. The molecule has 1 aromatic heterocycles. The van der Waals surface area contributed by atoms with Crippen LogP contribution in [0.1, 0.15) is 78.6 Å². The van der Waals surface area contributed by atoms with Gasteiger partial charge in [0.2, 0.25) is 0 Å². The summed E-state index contributed by atoms with van der Waals surface area (Å²) in [6.45, 7) is 12.6. The zero-order valence-electron chi connectivity index (χ0n) is 16.3. The first-order valence-electron chi connectivity index (χ1n) is 8.86. The number of carbonyl (C=O) groups excluding carboxylic acids is 2. The van der Waals surface area contributed by atoms with Crippen LogP contribution in [0.5, 0.6) is 0 Å². The number of rotatable bonds is 5. The topological polar surface area (TPSA) is 55.4 Å². The van der Waals surface area contributed by atoms with E-state index in [0.717, 1.165) is 4.88 Å². The third-order valence-electron chi connectivity index (χ3n) is 4.06. The first-order chi connectivity index (χ1) is 12.1. The number of nitrogens with one attached hydrogen (secondary N) is 1. The quantitative estimate of drug-likeness (QED) is 0.694. The van der Waals surface area contributed by atoms with E-state index in [-0.39, 0.29) is 17.2 Å². The molecule has 0 fully saturated rings. The molecule has 0 radical (unpaired) electrons. The second kappa shape index (κ2) is 8.04. The van der Waals surface area contributed by atoms with Crippen molar-refractivity contribution in [2.75, 3.05) is 11.9 Å². The highest BCUT2D eigenvalue weighted by molar-refractivity contribution is 7.16. The van der Waals surface area contributed by atoms with E-state index in [1.807, 2.05) is 30.3 Å². The van der Waals surface area contributed by atoms with Crippen molar-refractivity contribution in [1.82, 2.24) is 0 Å². The van der Waals surface area contributed by atoms with Crippen molar-refractivity contribution >= 4 is 28.2 Å². The number of carbonyl (C=O) groups is 2. The summed E-state index contributed by atoms with van der Waals surface area (Å²) in [5.41, 5.74) is 2.18. The maximum Gasteiger partial charge on any atom is 0.341 e. The van der Waals surface area contributed by atoms with Gasteiger partial charge in [-0.15, -0.1) is 11.3 Å². The molecule has 140 valence electrons. The molecule has 4 nitrogen and oxygen atoms in total. The molecule has 2 aromatic rings. The predicted molar refractivity (Wildman–Crippen MR) is 107 cm³/mol. The summed E-state index contributed by atoms with van der Waals surface area (Å²) in [6, 6.07) is 9.38. The molecule has 1 N–H and O–H groups in total. The van der Waals surface area contributed by atoms with Crippen LogP contribution in [0, 0.1) is 0 Å². The number of hydrogen-bond acceptors (Lipinski definition) is 4. The van der Waals surface area contributed by atoms with Gasteiger partial charge in [-0.05, 0) is 42.0 Å². The van der Waals surface area contributed by atoms with Gasteiger partial charge in [0.15, 0.2) is 0 Å². The Hall–Kier alpha value is -2.14. The van der Waals surface area contributed by atoms with Gasteiger partial charge in [0, 0.05) is 10.4 Å². The summed E-state index contributed by atoms with van der Waals surface area (Å²) in [6.07, 6.45) is 0. The second-order valence-electron chi connectivity index (χ2n) is 7.55. The fraction of sp³-hybridized carbons (Fsp3) is 0.429. The summed E-state index contributed by atoms with van der Waals surface area (Å²) >= 11 is 1.42. The summed E-state index contributed by atoms with van der Waals surface area (Å²) in [5, 5.41) is 3.42. The number of benzene rings is 1. The monoisotopic (exact) mass is 373 g/mol. The summed E-state index contributed by atoms with van der Waals surface area (Å²) < 4.78 is 5.12. The Bertz CT molecular complexity index is 783. The van der Waals surface area contributed by atoms with Crippen LogP contribution in [-0.2, 0) is 10.2 Å². The Balaban J connectivity index is 2.26. The number of ether oxygens (including phenoxy) is 1. The van der Waals surface area contributed by atoms with Crippen LogP contribution < -0.4 is 5.32 Å². The summed E-state index contributed by atoms with van der Waals surface area (Å²) in [4.78, 5) is 25.9. The molecule has 0 aliphatic carbocycles. The molecule has 0 bridgehead atoms. The largest absolute Gasteiger partial charge is 0.462 e. The zero-order chi connectivity index (χ0) is 19.5. The minimum atomic E-state index is -0.408. The maximum absolute atomic E-state index is 12.6. The Morgan fingerprint density at radius 3 is 2.27 bits per heavy atom. The first kappa shape index (κ1) is 20.2. The van der Waals surface area contributed by atoms with Gasteiger partial charge >= 0.3 is 5.97 Å². The molecule has 0 spiro atoms. The van der Waals surface area contributed by atoms with Crippen molar-refractivity contribution < 1.29 is 14.3 Å². The van der Waals surface area contributed by atoms with E-state index >= 15 is 0 Å². The molecule has 0 atom stereocenters. The van der Waals surface area contributed by atoms with Crippen LogP contribution >= 0.6 is 11.3 Å². The molecule has 2 rings (SSSR count). The van der Waals surface area contributed by atoms with E-state index < -0.39 is 5.97 Å². The molecule has 1 amide bonds. The van der Waals surface area contributed by atoms with E-state index in [9.17, 15) is 9.59 Å². The lowest BCUT2D eigenvalue weighted by Gasteiger charge is -2.19. The minimum absolute atomic E-state index is 0.0337. The van der Waals surface area contributed by atoms with E-state index in [0.29, 0.717) is 22.7 Å². The second-order valence-corrected chi connectivity index (χ2v) is 8.63. The van der Waals surface area contributed by atoms with Gasteiger partial charge in [-0.1, -0.05) is 46.8 Å². The van der Waals surface area contributed by atoms with Crippen molar-refractivity contribution in [3.8, 4) is 0 Å². The molecule has 1 aromatic carbocycles. The SMILES string of the molecule is CCOC(=O)c1cc(C(C)C)sc1NC(=O)c1ccc(C(C)(C)C)cc1. The summed E-state index contributed by atoms with van der Waals surface area (Å²) in [7, 11) is 0. The Morgan fingerprint density at radius 1 is 1.15 bits per heavy atom. The first-order valence-corrected chi connectivity index (χ1v) is 9.67. The smallest absolute Gasteiger partial charge is 0.341 e. The number of esters is 1. The maximum atomic E-state index is 12.6. The van der Waals surface area contributed by atoms with Crippen LogP contribution in [0.2, 0.25) is 0 Å². The number of anilines is 1. The highest BCUT2D eigenvalue weighted by Gasteiger charge is 2.21. The van der Waals surface area contributed by atoms with Crippen molar-refractivity contribution in [1.29, 1.82) is 0 Å². The van der Waals surface area contributed by atoms with Crippen molar-refractivity contribution in [3.63, 3.8) is 0 Å². The van der Waals surface area contributed by atoms with Crippen LogP contribution in [-0.4, -0.2) is 18.5 Å². The molecule has 0 aliphatic heterocycles. The van der Waals surface area contributed by atoms with Gasteiger partial charge < -0.3 is 10.1 Å². The van der Waals surface area contributed by atoms with Crippen LogP contribution in [0.15, 0.2) is 30.3 Å². The van der Waals surface area contributed by atoms with Gasteiger partial charge in [0.05, 0.1) is 12.2 Å². The van der Waals surface area contributed by atoms with E-state index in [2.05, 4.69) is 39.9 Å². The third-order valence-corrected chi connectivity index (χ3v) is 5.41. The predicted octanol–water partition coefficient (Wildman–Crippen LogP) is 5.60.